The van der Waals surface area contributed by atoms with E-state index in [4.69, 9.17) is 4.74 Å². The second-order valence-corrected chi connectivity index (χ2v) is 4.77. The van der Waals surface area contributed by atoms with E-state index < -0.39 is 0 Å². The summed E-state index contributed by atoms with van der Waals surface area (Å²) in [7, 11) is 1.72. The third-order valence-electron chi connectivity index (χ3n) is 3.22. The van der Waals surface area contributed by atoms with E-state index in [1.165, 1.54) is 10.9 Å². The Kier molecular flexibility index (Phi) is 6.44. The molecule has 0 amide bonds. The molecule has 0 radical (unpaired) electrons. The Labute approximate surface area is 120 Å². The number of para-hydroxylation sites is 1. The zero-order valence-electron chi connectivity index (χ0n) is 12.1. The lowest BCUT2D eigenvalue weighted by molar-refractivity contribution is 0.199. The van der Waals surface area contributed by atoms with Crippen molar-refractivity contribution in [3.8, 4) is 0 Å². The SMILES string of the molecule is COCCNCCCNCc1cccc2cccnc12. The predicted molar refractivity (Wildman–Crippen MR) is 82.8 cm³/mol. The number of pyridine rings is 1. The zero-order chi connectivity index (χ0) is 14.0. The number of methoxy groups -OCH3 is 1. The first kappa shape index (κ1) is 14.9. The number of benzene rings is 1. The Morgan fingerprint density at radius 2 is 1.90 bits per heavy atom. The van der Waals surface area contributed by atoms with Gasteiger partial charge in [-0.25, -0.2) is 0 Å². The van der Waals surface area contributed by atoms with Gasteiger partial charge >= 0.3 is 0 Å². The van der Waals surface area contributed by atoms with Gasteiger partial charge in [0.05, 0.1) is 12.1 Å². The standard InChI is InChI=1S/C16H23N3O/c1-20-12-11-17-8-4-9-18-13-15-6-2-5-14-7-3-10-19-16(14)15/h2-3,5-7,10,17-18H,4,8-9,11-13H2,1H3. The van der Waals surface area contributed by atoms with Gasteiger partial charge in [0.2, 0.25) is 0 Å². The quantitative estimate of drug-likeness (QED) is 0.686. The van der Waals surface area contributed by atoms with Gasteiger partial charge in [0.25, 0.3) is 0 Å². The number of ether oxygens (including phenoxy) is 1. The maximum absolute atomic E-state index is 4.98. The van der Waals surface area contributed by atoms with Crippen LogP contribution in [0.1, 0.15) is 12.0 Å². The number of nitrogens with zero attached hydrogens (tertiary/aromatic N) is 1. The molecule has 0 saturated heterocycles. The summed E-state index contributed by atoms with van der Waals surface area (Å²) >= 11 is 0. The highest BCUT2D eigenvalue weighted by Gasteiger charge is 2.00. The van der Waals surface area contributed by atoms with Crippen molar-refractivity contribution in [2.75, 3.05) is 33.4 Å². The lowest BCUT2D eigenvalue weighted by atomic mass is 10.1. The molecule has 2 rings (SSSR count). The smallest absolute Gasteiger partial charge is 0.0746 e. The minimum absolute atomic E-state index is 0.773. The van der Waals surface area contributed by atoms with Crippen LogP contribution in [0.5, 0.6) is 0 Å². The molecule has 0 bridgehead atoms. The van der Waals surface area contributed by atoms with Crippen molar-refractivity contribution < 1.29 is 4.74 Å². The molecule has 1 aromatic carbocycles. The Morgan fingerprint density at radius 1 is 1.05 bits per heavy atom. The third-order valence-corrected chi connectivity index (χ3v) is 3.22. The van der Waals surface area contributed by atoms with E-state index in [0.29, 0.717) is 0 Å². The van der Waals surface area contributed by atoms with Gasteiger partial charge in [-0.1, -0.05) is 24.3 Å². The Hall–Kier alpha value is -1.49. The van der Waals surface area contributed by atoms with E-state index in [9.17, 15) is 0 Å². The van der Waals surface area contributed by atoms with E-state index in [2.05, 4.69) is 39.9 Å². The third kappa shape index (κ3) is 4.56. The van der Waals surface area contributed by atoms with E-state index in [1.54, 1.807) is 7.11 Å². The predicted octanol–water partition coefficient (Wildman–Crippen LogP) is 1.95. The molecule has 0 unspecified atom stereocenters. The average Bonchev–Trinajstić information content (AvgIpc) is 2.50. The fourth-order valence-corrected chi connectivity index (χ4v) is 2.17. The molecule has 4 heteroatoms. The summed E-state index contributed by atoms with van der Waals surface area (Å²) in [6.07, 6.45) is 2.97. The van der Waals surface area contributed by atoms with Crippen LogP contribution < -0.4 is 10.6 Å². The van der Waals surface area contributed by atoms with Gasteiger partial charge in [-0.3, -0.25) is 4.98 Å². The summed E-state index contributed by atoms with van der Waals surface area (Å²) in [5, 5.41) is 8.01. The molecule has 0 atom stereocenters. The van der Waals surface area contributed by atoms with Crippen LogP contribution in [0.15, 0.2) is 36.5 Å². The first-order valence-corrected chi connectivity index (χ1v) is 7.15. The molecule has 0 aliphatic rings. The monoisotopic (exact) mass is 273 g/mol. The van der Waals surface area contributed by atoms with Crippen molar-refractivity contribution in [3.05, 3.63) is 42.1 Å². The molecular weight excluding hydrogens is 250 g/mol. The van der Waals surface area contributed by atoms with Gasteiger partial charge in [-0.05, 0) is 31.1 Å². The van der Waals surface area contributed by atoms with Crippen LogP contribution in [0.25, 0.3) is 10.9 Å². The van der Waals surface area contributed by atoms with Crippen molar-refractivity contribution in [1.29, 1.82) is 0 Å². The first-order chi connectivity index (χ1) is 9.92. The highest BCUT2D eigenvalue weighted by atomic mass is 16.5. The van der Waals surface area contributed by atoms with Crippen LogP contribution in [-0.4, -0.2) is 38.3 Å². The Balaban J connectivity index is 1.71. The van der Waals surface area contributed by atoms with Gasteiger partial charge < -0.3 is 15.4 Å². The van der Waals surface area contributed by atoms with Crippen molar-refractivity contribution in [2.24, 2.45) is 0 Å². The Bertz CT molecular complexity index is 511. The van der Waals surface area contributed by atoms with E-state index in [-0.39, 0.29) is 0 Å². The van der Waals surface area contributed by atoms with E-state index >= 15 is 0 Å². The highest BCUT2D eigenvalue weighted by Crippen LogP contribution is 2.15. The molecule has 0 fully saturated rings. The van der Waals surface area contributed by atoms with E-state index in [0.717, 1.165) is 44.7 Å². The number of hydrogen-bond donors (Lipinski definition) is 2. The number of aromatic nitrogens is 1. The van der Waals surface area contributed by atoms with Crippen LogP contribution in [0.4, 0.5) is 0 Å². The maximum Gasteiger partial charge on any atom is 0.0746 e. The normalized spacial score (nSPS) is 11.1. The maximum atomic E-state index is 4.98. The van der Waals surface area contributed by atoms with Crippen LogP contribution in [-0.2, 0) is 11.3 Å². The fraction of sp³-hybridized carbons (Fsp3) is 0.438. The summed E-state index contributed by atoms with van der Waals surface area (Å²) in [5.41, 5.74) is 2.36. The van der Waals surface area contributed by atoms with Gasteiger partial charge in [-0.15, -0.1) is 0 Å². The minimum atomic E-state index is 0.773. The van der Waals surface area contributed by atoms with Crippen LogP contribution in [0.2, 0.25) is 0 Å². The van der Waals surface area contributed by atoms with Crippen molar-refractivity contribution in [2.45, 2.75) is 13.0 Å². The molecule has 108 valence electrons. The summed E-state index contributed by atoms with van der Waals surface area (Å²) in [6, 6.07) is 10.4. The van der Waals surface area contributed by atoms with Gasteiger partial charge in [-0.2, -0.15) is 0 Å². The van der Waals surface area contributed by atoms with Crippen molar-refractivity contribution in [3.63, 3.8) is 0 Å². The summed E-state index contributed by atoms with van der Waals surface area (Å²) in [4.78, 5) is 4.46. The topological polar surface area (TPSA) is 46.2 Å². The second-order valence-electron chi connectivity index (χ2n) is 4.77. The number of rotatable bonds is 9. The molecule has 0 spiro atoms. The molecule has 1 aromatic heterocycles. The van der Waals surface area contributed by atoms with Gasteiger partial charge in [0.15, 0.2) is 0 Å². The number of nitrogens with one attached hydrogen (secondary N) is 2. The Morgan fingerprint density at radius 3 is 2.80 bits per heavy atom. The van der Waals surface area contributed by atoms with Crippen LogP contribution >= 0.6 is 0 Å². The number of hydrogen-bond acceptors (Lipinski definition) is 4. The zero-order valence-corrected chi connectivity index (χ0v) is 12.1. The molecule has 0 saturated carbocycles. The molecule has 4 nitrogen and oxygen atoms in total. The van der Waals surface area contributed by atoms with Crippen LogP contribution in [0.3, 0.4) is 0 Å². The molecule has 0 aliphatic carbocycles. The molecule has 2 aromatic rings. The largest absolute Gasteiger partial charge is 0.383 e. The molecule has 2 N–H and O–H groups in total. The molecule has 0 aliphatic heterocycles. The lowest BCUT2D eigenvalue weighted by Crippen LogP contribution is -2.24. The van der Waals surface area contributed by atoms with E-state index in [1.807, 2.05) is 12.3 Å². The minimum Gasteiger partial charge on any atom is -0.383 e. The van der Waals surface area contributed by atoms with Crippen molar-refractivity contribution >= 4 is 10.9 Å². The average molecular weight is 273 g/mol. The molecule has 1 heterocycles. The van der Waals surface area contributed by atoms with Gasteiger partial charge in [0, 0.05) is 31.8 Å². The summed E-state index contributed by atoms with van der Waals surface area (Å²) in [6.45, 7) is 4.58. The first-order valence-electron chi connectivity index (χ1n) is 7.15. The fourth-order valence-electron chi connectivity index (χ4n) is 2.17. The molecule has 20 heavy (non-hydrogen) atoms. The summed E-state index contributed by atoms with van der Waals surface area (Å²) in [5.74, 6) is 0. The van der Waals surface area contributed by atoms with Crippen LogP contribution in [0, 0.1) is 0 Å². The van der Waals surface area contributed by atoms with Gasteiger partial charge in [0.1, 0.15) is 0 Å². The lowest BCUT2D eigenvalue weighted by Gasteiger charge is -2.08. The highest BCUT2D eigenvalue weighted by molar-refractivity contribution is 5.81. The summed E-state index contributed by atoms with van der Waals surface area (Å²) < 4.78 is 4.98. The van der Waals surface area contributed by atoms with Crippen molar-refractivity contribution in [1.82, 2.24) is 15.6 Å². The number of fused-ring (bicyclic) bond motifs is 1. The second kappa shape index (κ2) is 8.64. The molecular formula is C16H23N3O.